The second-order valence-corrected chi connectivity index (χ2v) is 6.04. The molecule has 1 aromatic heterocycles. The lowest BCUT2D eigenvalue weighted by molar-refractivity contribution is 0.567. The van der Waals surface area contributed by atoms with E-state index in [-0.39, 0.29) is 5.56 Å². The van der Waals surface area contributed by atoms with E-state index in [0.717, 1.165) is 37.2 Å². The van der Waals surface area contributed by atoms with Gasteiger partial charge in [0.05, 0.1) is 5.69 Å². The molecule has 3 rings (SSSR count). The van der Waals surface area contributed by atoms with Gasteiger partial charge in [-0.25, -0.2) is 4.98 Å². The van der Waals surface area contributed by atoms with Gasteiger partial charge < -0.3 is 4.90 Å². The van der Waals surface area contributed by atoms with Crippen molar-refractivity contribution in [3.8, 4) is 11.3 Å². The number of nitrogens with one attached hydrogen (secondary N) is 1. The Hall–Kier alpha value is -1.37. The second-order valence-electron chi connectivity index (χ2n) is 4.97. The molecule has 1 N–H and O–H groups in total. The maximum Gasteiger partial charge on any atom is 0.266 e. The number of aromatic nitrogens is 2. The summed E-state index contributed by atoms with van der Waals surface area (Å²) in [7, 11) is 0. The topological polar surface area (TPSA) is 49.0 Å². The first-order valence-corrected chi connectivity index (χ1v) is 7.94. The van der Waals surface area contributed by atoms with E-state index in [2.05, 4.69) is 37.5 Å². The molecule has 1 aliphatic rings. The van der Waals surface area contributed by atoms with Crippen LogP contribution >= 0.6 is 22.6 Å². The number of H-pyrrole nitrogens is 1. The van der Waals surface area contributed by atoms with Crippen molar-refractivity contribution >= 4 is 28.5 Å². The van der Waals surface area contributed by atoms with Gasteiger partial charge in [-0.15, -0.1) is 0 Å². The maximum absolute atomic E-state index is 12.1. The third-order valence-corrected chi connectivity index (χ3v) is 4.55. The molecule has 2 heterocycles. The molecular weight excluding hydrogens is 365 g/mol. The molecule has 0 spiro atoms. The fourth-order valence-electron chi connectivity index (χ4n) is 2.49. The van der Waals surface area contributed by atoms with Gasteiger partial charge in [0.25, 0.3) is 5.56 Å². The third kappa shape index (κ3) is 2.72. The summed E-state index contributed by atoms with van der Waals surface area (Å²) in [6, 6.07) is 9.88. The van der Waals surface area contributed by atoms with Gasteiger partial charge in [-0.2, -0.15) is 0 Å². The summed E-state index contributed by atoms with van der Waals surface area (Å²) in [4.78, 5) is 21.9. The van der Waals surface area contributed by atoms with Crippen LogP contribution in [0, 0.1) is 3.57 Å². The summed E-state index contributed by atoms with van der Waals surface area (Å²) in [6.07, 6.45) is 3.59. The second kappa shape index (κ2) is 5.95. The van der Waals surface area contributed by atoms with E-state index in [1.54, 1.807) is 0 Å². The lowest BCUT2D eigenvalue weighted by Gasteiger charge is -2.27. The Bertz CT molecular complexity index is 648. The van der Waals surface area contributed by atoms with Crippen LogP contribution in [0.25, 0.3) is 11.3 Å². The zero-order valence-corrected chi connectivity index (χ0v) is 13.3. The smallest absolute Gasteiger partial charge is 0.266 e. The molecule has 0 unspecified atom stereocenters. The summed E-state index contributed by atoms with van der Waals surface area (Å²) in [6.45, 7) is 1.94. The Morgan fingerprint density at radius 1 is 1.10 bits per heavy atom. The third-order valence-electron chi connectivity index (χ3n) is 3.55. The molecule has 0 bridgehead atoms. The van der Waals surface area contributed by atoms with Gasteiger partial charge in [-0.3, -0.25) is 9.78 Å². The first kappa shape index (κ1) is 13.6. The molecule has 0 atom stereocenters. The highest BCUT2D eigenvalue weighted by atomic mass is 127. The molecule has 104 valence electrons. The Morgan fingerprint density at radius 3 is 2.50 bits per heavy atom. The lowest BCUT2D eigenvalue weighted by atomic mass is 10.1. The fraction of sp³-hybridized carbons (Fsp3) is 0.333. The Morgan fingerprint density at radius 2 is 1.80 bits per heavy atom. The number of halogens is 1. The minimum atomic E-state index is -0.0555. The van der Waals surface area contributed by atoms with Gasteiger partial charge >= 0.3 is 0 Å². The first-order valence-electron chi connectivity index (χ1n) is 6.86. The summed E-state index contributed by atoms with van der Waals surface area (Å²) >= 11 is 2.07. The van der Waals surface area contributed by atoms with Crippen LogP contribution in [-0.2, 0) is 0 Å². The number of aromatic amines is 1. The number of nitrogens with zero attached hydrogens (tertiary/aromatic N) is 2. The summed E-state index contributed by atoms with van der Waals surface area (Å²) in [5.41, 5.74) is 1.71. The van der Waals surface area contributed by atoms with Gasteiger partial charge in [0.1, 0.15) is 3.57 Å². The number of hydrogen-bond donors (Lipinski definition) is 1. The largest absolute Gasteiger partial charge is 0.342 e. The number of benzene rings is 1. The fourth-order valence-corrected chi connectivity index (χ4v) is 3.06. The first-order chi connectivity index (χ1) is 9.75. The highest BCUT2D eigenvalue weighted by molar-refractivity contribution is 14.1. The average Bonchev–Trinajstić information content (AvgIpc) is 2.51. The number of rotatable bonds is 2. The average molecular weight is 381 g/mol. The molecule has 0 saturated carbocycles. The summed E-state index contributed by atoms with van der Waals surface area (Å²) < 4.78 is 0.648. The molecule has 20 heavy (non-hydrogen) atoms. The van der Waals surface area contributed by atoms with Gasteiger partial charge in [-0.05, 0) is 41.9 Å². The Balaban J connectivity index is 2.06. The molecule has 0 amide bonds. The van der Waals surface area contributed by atoms with Crippen LogP contribution in [0.15, 0.2) is 35.1 Å². The van der Waals surface area contributed by atoms with Crippen molar-refractivity contribution in [3.05, 3.63) is 44.3 Å². The van der Waals surface area contributed by atoms with Crippen molar-refractivity contribution in [1.82, 2.24) is 9.97 Å². The van der Waals surface area contributed by atoms with E-state index in [4.69, 9.17) is 0 Å². The van der Waals surface area contributed by atoms with Crippen LogP contribution in [0.3, 0.4) is 0 Å². The molecule has 1 aromatic carbocycles. The Kier molecular flexibility index (Phi) is 4.05. The van der Waals surface area contributed by atoms with Crippen molar-refractivity contribution in [1.29, 1.82) is 0 Å². The minimum absolute atomic E-state index is 0.0555. The predicted octanol–water partition coefficient (Wildman–Crippen LogP) is 3.03. The number of piperidine rings is 1. The van der Waals surface area contributed by atoms with Gasteiger partial charge in [-0.1, -0.05) is 30.3 Å². The maximum atomic E-state index is 12.1. The zero-order chi connectivity index (χ0) is 13.9. The summed E-state index contributed by atoms with van der Waals surface area (Å²) in [5, 5.41) is 0. The van der Waals surface area contributed by atoms with E-state index in [0.29, 0.717) is 9.52 Å². The van der Waals surface area contributed by atoms with Crippen LogP contribution in [0.1, 0.15) is 19.3 Å². The Labute approximate surface area is 131 Å². The van der Waals surface area contributed by atoms with E-state index >= 15 is 0 Å². The van der Waals surface area contributed by atoms with Crippen molar-refractivity contribution in [2.45, 2.75) is 19.3 Å². The number of hydrogen-bond acceptors (Lipinski definition) is 3. The lowest BCUT2D eigenvalue weighted by Crippen LogP contribution is -2.33. The standard InChI is InChI=1S/C15H16IN3O/c16-12-13(11-7-3-1-4-8-11)17-15(18-14(12)20)19-9-5-2-6-10-19/h1,3-4,7-8H,2,5-6,9-10H2,(H,17,18,20). The van der Waals surface area contributed by atoms with Crippen LogP contribution < -0.4 is 10.5 Å². The highest BCUT2D eigenvalue weighted by Crippen LogP contribution is 2.23. The molecule has 4 nitrogen and oxygen atoms in total. The predicted molar refractivity (Wildman–Crippen MR) is 89.1 cm³/mol. The van der Waals surface area contributed by atoms with Crippen molar-refractivity contribution < 1.29 is 0 Å². The number of anilines is 1. The van der Waals surface area contributed by atoms with Crippen LogP contribution in [0.2, 0.25) is 0 Å². The molecule has 2 aromatic rings. The SMILES string of the molecule is O=c1[nH]c(N2CCCCC2)nc(-c2ccccc2)c1I. The van der Waals surface area contributed by atoms with E-state index < -0.39 is 0 Å². The minimum Gasteiger partial charge on any atom is -0.342 e. The molecule has 1 saturated heterocycles. The van der Waals surface area contributed by atoms with E-state index in [1.807, 2.05) is 30.3 Å². The molecular formula is C15H16IN3O. The van der Waals surface area contributed by atoms with Crippen LogP contribution in [-0.4, -0.2) is 23.1 Å². The molecule has 0 aliphatic carbocycles. The zero-order valence-electron chi connectivity index (χ0n) is 11.1. The quantitative estimate of drug-likeness (QED) is 0.814. The normalized spacial score (nSPS) is 15.3. The van der Waals surface area contributed by atoms with Crippen molar-refractivity contribution in [2.75, 3.05) is 18.0 Å². The van der Waals surface area contributed by atoms with Crippen LogP contribution in [0.4, 0.5) is 5.95 Å². The molecule has 5 heteroatoms. The van der Waals surface area contributed by atoms with Gasteiger partial charge in [0.15, 0.2) is 0 Å². The molecule has 1 aliphatic heterocycles. The van der Waals surface area contributed by atoms with E-state index in [9.17, 15) is 4.79 Å². The molecule has 1 fully saturated rings. The van der Waals surface area contributed by atoms with Gasteiger partial charge in [0, 0.05) is 18.7 Å². The molecule has 0 radical (unpaired) electrons. The van der Waals surface area contributed by atoms with Crippen LogP contribution in [0.5, 0.6) is 0 Å². The van der Waals surface area contributed by atoms with Gasteiger partial charge in [0.2, 0.25) is 5.95 Å². The van der Waals surface area contributed by atoms with E-state index in [1.165, 1.54) is 6.42 Å². The summed E-state index contributed by atoms with van der Waals surface area (Å²) in [5.74, 6) is 0.703. The van der Waals surface area contributed by atoms with Crippen molar-refractivity contribution in [2.24, 2.45) is 0 Å². The monoisotopic (exact) mass is 381 g/mol. The highest BCUT2D eigenvalue weighted by Gasteiger charge is 2.17. The van der Waals surface area contributed by atoms with Crippen molar-refractivity contribution in [3.63, 3.8) is 0 Å².